The number of hydrogen-bond acceptors (Lipinski definition) is 31. The van der Waals surface area contributed by atoms with Gasteiger partial charge in [0.2, 0.25) is 0 Å². The van der Waals surface area contributed by atoms with Crippen LogP contribution in [0.1, 0.15) is 399 Å². The molecule has 2 heterocycles. The van der Waals surface area contributed by atoms with Crippen molar-refractivity contribution in [2.24, 2.45) is 0 Å². The van der Waals surface area contributed by atoms with Gasteiger partial charge in [0.05, 0.1) is 66.1 Å². The number of phenolic OH excluding ortho intramolecular Hbond substituents is 10. The Morgan fingerprint density at radius 2 is 0.597 bits per heavy atom. The molecule has 144 heavy (non-hydrogen) atoms. The fourth-order valence-electron chi connectivity index (χ4n) is 16.1. The minimum Gasteiger partial charge on any atom is -0.507 e. The number of halogens is 5. The minimum atomic E-state index is -1.02. The van der Waals surface area contributed by atoms with Crippen LogP contribution in [-0.2, 0) is 94.0 Å². The van der Waals surface area contributed by atoms with Gasteiger partial charge < -0.3 is 104 Å². The zero-order valence-corrected chi connectivity index (χ0v) is 88.9. The Morgan fingerprint density at radius 3 is 0.819 bits per heavy atom. The van der Waals surface area contributed by atoms with Gasteiger partial charge in [0.1, 0.15) is 102 Å². The van der Waals surface area contributed by atoms with Crippen molar-refractivity contribution in [2.75, 3.05) is 39.6 Å². The Labute approximate surface area is 870 Å². The number of phenols is 10. The van der Waals surface area contributed by atoms with Gasteiger partial charge in [0.25, 0.3) is 0 Å². The fraction of sp³-hybridized carbons (Fsp3) is 0.617. The minimum absolute atomic E-state index is 0.0240. The highest BCUT2D eigenvalue weighted by Crippen LogP contribution is 2.47. The fourth-order valence-corrected chi connectivity index (χ4v) is 17.2. The number of aromatic hydroxyl groups is 10. The number of rotatable bonds is 62. The number of carbonyl (C=O) groups is 11. The molecule has 808 valence electrons. The van der Waals surface area contributed by atoms with Crippen molar-refractivity contribution < 1.29 is 157 Å². The van der Waals surface area contributed by atoms with Crippen LogP contribution < -0.4 is 0 Å². The number of aliphatic hydroxyl groups is 2. The van der Waals surface area contributed by atoms with Crippen LogP contribution in [0.15, 0.2) is 0 Å². The molecular formula is C107H153Cl5O32. The molecule has 0 bridgehead atoms. The van der Waals surface area contributed by atoms with Gasteiger partial charge in [-0.25, -0.2) is 4.79 Å². The predicted octanol–water partition coefficient (Wildman–Crippen LogP) is 23.8. The Morgan fingerprint density at radius 1 is 0.361 bits per heavy atom. The average Bonchev–Trinajstić information content (AvgIpc) is 1.11. The second kappa shape index (κ2) is 69.5. The summed E-state index contributed by atoms with van der Waals surface area (Å²) in [4.78, 5) is 123. The summed E-state index contributed by atoms with van der Waals surface area (Å²) in [6, 6.07) is 0. The number of hydrogen-bond donors (Lipinski definition) is 13. The van der Waals surface area contributed by atoms with Crippen molar-refractivity contribution in [3.63, 3.8) is 0 Å². The molecule has 0 radical (unpaired) electrons. The molecule has 32 nitrogen and oxygen atoms in total. The van der Waals surface area contributed by atoms with Crippen LogP contribution in [0.3, 0.4) is 0 Å². The first-order valence-electron chi connectivity index (χ1n) is 50.1. The summed E-state index contributed by atoms with van der Waals surface area (Å²) in [5.41, 5.74) is 3.75. The largest absolute Gasteiger partial charge is 0.508 e. The molecule has 0 spiro atoms. The summed E-state index contributed by atoms with van der Waals surface area (Å²) in [5, 5.41) is 129. The zero-order valence-electron chi connectivity index (χ0n) is 85.1. The van der Waals surface area contributed by atoms with Crippen molar-refractivity contribution in [3.05, 3.63) is 109 Å². The lowest BCUT2D eigenvalue weighted by Crippen LogP contribution is -2.25. The summed E-state index contributed by atoms with van der Waals surface area (Å²) in [5.74, 6) is -4.05. The van der Waals surface area contributed by atoms with E-state index in [9.17, 15) is 104 Å². The maximum Gasteiger partial charge on any atom is 0.508 e. The summed E-state index contributed by atoms with van der Waals surface area (Å²) in [6.45, 7) is 17.4. The summed E-state index contributed by atoms with van der Waals surface area (Å²) in [6.07, 6.45) is 36.5. The van der Waals surface area contributed by atoms with Crippen molar-refractivity contribution in [3.8, 4) is 57.5 Å². The van der Waals surface area contributed by atoms with Crippen LogP contribution in [0, 0.1) is 34.6 Å². The van der Waals surface area contributed by atoms with E-state index in [1.54, 1.807) is 34.6 Å². The lowest BCUT2D eigenvalue weighted by Gasteiger charge is -2.19. The molecule has 2 aliphatic rings. The van der Waals surface area contributed by atoms with Gasteiger partial charge in [-0.2, -0.15) is 0 Å². The number of ether oxygens (including phenoxy) is 8. The molecule has 5 aromatic rings. The highest BCUT2D eigenvalue weighted by molar-refractivity contribution is 6.35. The maximum atomic E-state index is 11.8. The van der Waals surface area contributed by atoms with Gasteiger partial charge in [0.15, 0.2) is 43.3 Å². The topological polar surface area (TPSA) is 525 Å². The van der Waals surface area contributed by atoms with Crippen LogP contribution in [0.4, 0.5) is 4.79 Å². The number of cyclic esters (lactones) is 2. The van der Waals surface area contributed by atoms with Crippen molar-refractivity contribution in [2.45, 2.75) is 388 Å². The van der Waals surface area contributed by atoms with Crippen LogP contribution >= 0.6 is 58.0 Å². The standard InChI is InChI=1S/C24H35ClO7.C22H29ClO8.C22H33ClO5.C21H31ClO7.C18H25ClO5/c1-16-19(13-26)22(28)18(23(29)21(16)25)11-9-7-5-4-6-8-10-12-20(27)30-14-17-15-31-24(2,3)32-17;1-14-17(11-24)20(26)16(21(27)19(14)23)9-7-5-3-2-4-6-8-10-18(25)29-12-15-13-30-22(28)31-15;1-15-17(14-24)20(26)16(21(27)19(15)23)12-10-8-6-5-7-9-11-13-18(25)28-22(2,3)4;1-14-17(12-24)20(27)16(21(28)19(14)22)9-7-5-3-2-4-6-8-10-18(26)29-13-15(25)11-23;1-12-14(11-20)17(23)13(18(24)16(12)19)9-7-5-3-2-4-6-8-10-15(21)22/h13,17,28-29H,4-12,14-15H2,1-3H3;11,15,26-27H,2-10,12-13H2,1H3;14,26-27H,5-13H2,1-4H3;12,15,23,25,27-28H,2-11,13H2,1H3;11,23-24H,2-10H2,1H3,(H,21,22). The SMILES string of the molecule is Cc1c(Cl)c(O)c(CCCCCCCCCC(=O)O)c(O)c1C=O.Cc1c(Cl)c(O)c(CCCCCCCCCC(=O)OC(C)(C)C)c(O)c1C=O.Cc1c(Cl)c(O)c(CCCCCCCCCC(=O)OCC(O)CO)c(O)c1C=O.Cc1c(Cl)c(O)c(CCCCCCCCCC(=O)OCC2COC(=O)O2)c(O)c1C=O.Cc1c(Cl)c(O)c(CCCCCCCCCC(=O)OCC2COC(C)(C)O2)c(O)c1C=O. The van der Waals surface area contributed by atoms with Gasteiger partial charge in [-0.3, -0.25) is 47.9 Å². The number of aldehydes is 5. The second-order valence-electron chi connectivity index (χ2n) is 37.7. The summed E-state index contributed by atoms with van der Waals surface area (Å²) in [7, 11) is 0. The van der Waals surface area contributed by atoms with E-state index in [0.29, 0.717) is 164 Å². The van der Waals surface area contributed by atoms with E-state index >= 15 is 0 Å². The first-order valence-corrected chi connectivity index (χ1v) is 52.0. The van der Waals surface area contributed by atoms with Gasteiger partial charge in [0, 0.05) is 59.9 Å². The highest BCUT2D eigenvalue weighted by atomic mass is 35.5. The monoisotopic (exact) mass is 2120 g/mol. The third kappa shape index (κ3) is 46.2. The smallest absolute Gasteiger partial charge is 0.507 e. The average molecular weight is 2130 g/mol. The molecule has 3 atom stereocenters. The quantitative estimate of drug-likeness (QED) is 0.00744. The van der Waals surface area contributed by atoms with E-state index in [-0.39, 0.29) is 173 Å². The molecule has 0 aliphatic carbocycles. The molecule has 2 saturated heterocycles. The van der Waals surface area contributed by atoms with E-state index in [1.807, 2.05) is 34.6 Å². The first kappa shape index (κ1) is 129. The summed E-state index contributed by atoms with van der Waals surface area (Å²) >= 11 is 30.2. The summed E-state index contributed by atoms with van der Waals surface area (Å²) < 4.78 is 40.9. The Bertz CT molecular complexity index is 4910. The molecule has 2 aliphatic heterocycles. The highest BCUT2D eigenvalue weighted by Gasteiger charge is 2.34. The van der Waals surface area contributed by atoms with E-state index in [1.165, 1.54) is 0 Å². The lowest BCUT2D eigenvalue weighted by atomic mass is 9.98. The number of carboxylic acid groups (broad SMARTS) is 1. The van der Waals surface area contributed by atoms with Crippen molar-refractivity contribution in [1.82, 2.24) is 0 Å². The normalized spacial score (nSPS) is 13.6. The van der Waals surface area contributed by atoms with Crippen LogP contribution in [0.25, 0.3) is 0 Å². The predicted molar refractivity (Wildman–Crippen MR) is 548 cm³/mol. The molecule has 5 aromatic carbocycles. The van der Waals surface area contributed by atoms with Crippen molar-refractivity contribution >= 4 is 125 Å². The zero-order chi connectivity index (χ0) is 108. The number of carbonyl (C=O) groups excluding carboxylic acids is 10. The molecule has 37 heteroatoms. The third-order valence-corrected chi connectivity index (χ3v) is 26.9. The van der Waals surface area contributed by atoms with Crippen molar-refractivity contribution in [1.29, 1.82) is 0 Å². The molecule has 0 aromatic heterocycles. The van der Waals surface area contributed by atoms with Gasteiger partial charge in [-0.15, -0.1) is 0 Å². The molecule has 2 fully saturated rings. The number of carboxylic acids is 1. The van der Waals surface area contributed by atoms with E-state index < -0.39 is 42.3 Å². The number of aliphatic carboxylic acids is 1. The number of esters is 4. The van der Waals surface area contributed by atoms with Crippen LogP contribution in [0.5, 0.6) is 57.5 Å². The van der Waals surface area contributed by atoms with Gasteiger partial charge >= 0.3 is 36.0 Å². The van der Waals surface area contributed by atoms with E-state index in [0.717, 1.165) is 212 Å². The molecule has 0 amide bonds. The van der Waals surface area contributed by atoms with Crippen LogP contribution in [0.2, 0.25) is 25.1 Å². The molecule has 3 unspecified atom stereocenters. The number of aliphatic hydroxyl groups excluding tert-OH is 2. The Kier molecular flexibility index (Phi) is 62.0. The Balaban J connectivity index is 0.000000464. The lowest BCUT2D eigenvalue weighted by molar-refractivity contribution is -0.158. The Hall–Kier alpha value is -9.64. The number of benzene rings is 5. The molecule has 0 saturated carbocycles. The van der Waals surface area contributed by atoms with E-state index in [2.05, 4.69) is 4.74 Å². The second-order valence-corrected chi connectivity index (χ2v) is 39.6. The number of unbranched alkanes of at least 4 members (excludes halogenated alkanes) is 30. The third-order valence-electron chi connectivity index (χ3n) is 24.6. The van der Waals surface area contributed by atoms with E-state index in [4.69, 9.17) is 106 Å². The van der Waals surface area contributed by atoms with Crippen LogP contribution in [-0.4, -0.2) is 203 Å². The van der Waals surface area contributed by atoms with Gasteiger partial charge in [-0.05, 0) is 193 Å². The maximum absolute atomic E-state index is 11.8. The molecule has 7 rings (SSSR count). The first-order chi connectivity index (χ1) is 68.3. The molecular weight excluding hydrogens is 1970 g/mol. The van der Waals surface area contributed by atoms with Gasteiger partial charge in [-0.1, -0.05) is 219 Å². The molecule has 13 N–H and O–H groups in total.